The molecule has 0 radical (unpaired) electrons. The van der Waals surface area contributed by atoms with Crippen LogP contribution in [-0.2, 0) is 24.6 Å². The number of ether oxygens (including phenoxy) is 2. The van der Waals surface area contributed by atoms with Crippen LogP contribution in [0.15, 0.2) is 96.6 Å². The number of nitrogens with one attached hydrogen (secondary N) is 1. The van der Waals surface area contributed by atoms with Gasteiger partial charge in [-0.1, -0.05) is 64.7 Å². The van der Waals surface area contributed by atoms with E-state index in [-0.39, 0.29) is 46.5 Å². The summed E-state index contributed by atoms with van der Waals surface area (Å²) in [6, 6.07) is 22.8. The molecule has 4 aliphatic rings. The maximum atomic E-state index is 15.4. The van der Waals surface area contributed by atoms with Crippen molar-refractivity contribution in [3.8, 4) is 17.2 Å². The molecule has 4 amide bonds. The molecule has 0 unspecified atom stereocenters. The largest absolute Gasteiger partial charge is 0.508 e. The quantitative estimate of drug-likeness (QED) is 0.146. The minimum atomic E-state index is -1.67. The van der Waals surface area contributed by atoms with Crippen LogP contribution in [0.5, 0.6) is 17.2 Å². The van der Waals surface area contributed by atoms with E-state index < -0.39 is 52.7 Å². The van der Waals surface area contributed by atoms with Gasteiger partial charge in [-0.05, 0) is 91.1 Å². The average Bonchev–Trinajstić information content (AvgIpc) is 3.53. The number of nitrogens with zero attached hydrogens (tertiary/aromatic N) is 2. The first-order chi connectivity index (χ1) is 25.5. The summed E-state index contributed by atoms with van der Waals surface area (Å²) in [5, 5.41) is 13.7. The smallest absolute Gasteiger partial charge is 0.260 e. The van der Waals surface area contributed by atoms with Crippen LogP contribution in [0.1, 0.15) is 29.9 Å². The van der Waals surface area contributed by atoms with Crippen molar-refractivity contribution in [3.05, 3.63) is 123 Å². The molecule has 6 atom stereocenters. The second-order valence-corrected chi connectivity index (χ2v) is 14.9. The Labute approximate surface area is 319 Å². The maximum absolute atomic E-state index is 15.4. The van der Waals surface area contributed by atoms with Crippen LogP contribution < -0.4 is 19.8 Å². The summed E-state index contributed by atoms with van der Waals surface area (Å²) in [4.78, 5) is 60.1. The first-order valence-electron chi connectivity index (χ1n) is 16.9. The highest BCUT2D eigenvalue weighted by Crippen LogP contribution is 2.66. The number of imide groups is 2. The van der Waals surface area contributed by atoms with Crippen LogP contribution in [0.2, 0.25) is 15.1 Å². The number of rotatable bonds is 7. The average molecular weight is 773 g/mol. The summed E-state index contributed by atoms with van der Waals surface area (Å²) in [6.45, 7) is 0. The predicted molar refractivity (Wildman–Crippen MR) is 199 cm³/mol. The van der Waals surface area contributed by atoms with Gasteiger partial charge in [0.05, 0.1) is 53.8 Å². The SMILES string of the molecule is COc1ccc([C@@]23C(=O)N(Nc4ccc(Cl)cc4Cl)C(=O)[C@@H]2C[C@@H]2C(=CC[C@@H]4C(=O)N(c5ccc(Cl)cc5)C(=O)[C@@H]42)[C@@H]3c2c(O)cccc2OC)cc1. The number of anilines is 2. The lowest BCUT2D eigenvalue weighted by Crippen LogP contribution is -2.53. The monoisotopic (exact) mass is 771 g/mol. The molecule has 8 rings (SSSR count). The van der Waals surface area contributed by atoms with Gasteiger partial charge >= 0.3 is 0 Å². The number of carbonyl (C=O) groups is 4. The molecule has 13 heteroatoms. The summed E-state index contributed by atoms with van der Waals surface area (Å²) in [5.41, 5.74) is 3.39. The molecule has 2 saturated heterocycles. The summed E-state index contributed by atoms with van der Waals surface area (Å²) in [5.74, 6) is -5.58. The Morgan fingerprint density at radius 2 is 1.53 bits per heavy atom. The Balaban J connectivity index is 1.36. The number of carbonyl (C=O) groups excluding carboxylic acids is 4. The van der Waals surface area contributed by atoms with Gasteiger partial charge in [0.15, 0.2) is 0 Å². The third kappa shape index (κ3) is 5.21. The van der Waals surface area contributed by atoms with Crippen molar-refractivity contribution >= 4 is 69.8 Å². The third-order valence-corrected chi connectivity index (χ3v) is 12.0. The van der Waals surface area contributed by atoms with Gasteiger partial charge in [-0.25, -0.2) is 0 Å². The molecular formula is C40H32Cl3N3O7. The molecule has 4 aromatic carbocycles. The minimum Gasteiger partial charge on any atom is -0.508 e. The van der Waals surface area contributed by atoms with Gasteiger partial charge in [0, 0.05) is 21.5 Å². The number of phenolic OH excluding ortho intramolecular Hbond substituents is 1. The number of hydrogen-bond acceptors (Lipinski definition) is 8. The number of phenols is 1. The van der Waals surface area contributed by atoms with E-state index in [4.69, 9.17) is 44.3 Å². The highest BCUT2D eigenvalue weighted by atomic mass is 35.5. The van der Waals surface area contributed by atoms with E-state index >= 15 is 4.79 Å². The molecule has 4 aromatic rings. The second-order valence-electron chi connectivity index (χ2n) is 13.6. The lowest BCUT2D eigenvalue weighted by atomic mass is 9.49. The summed E-state index contributed by atoms with van der Waals surface area (Å²) in [6.07, 6.45) is 2.16. The van der Waals surface area contributed by atoms with Crippen LogP contribution in [0.25, 0.3) is 0 Å². The number of fused-ring (bicyclic) bond motifs is 4. The Morgan fingerprint density at radius 3 is 2.21 bits per heavy atom. The molecular weight excluding hydrogens is 741 g/mol. The van der Waals surface area contributed by atoms with Crippen LogP contribution >= 0.6 is 34.8 Å². The van der Waals surface area contributed by atoms with Crippen LogP contribution in [0.4, 0.5) is 11.4 Å². The fraction of sp³-hybridized carbons (Fsp3) is 0.250. The Morgan fingerprint density at radius 1 is 0.811 bits per heavy atom. The molecule has 0 bridgehead atoms. The number of halogens is 3. The number of aromatic hydroxyl groups is 1. The summed E-state index contributed by atoms with van der Waals surface area (Å²) < 4.78 is 11.3. The van der Waals surface area contributed by atoms with Gasteiger partial charge in [-0.2, -0.15) is 5.01 Å². The highest BCUT2D eigenvalue weighted by Gasteiger charge is 2.71. The van der Waals surface area contributed by atoms with E-state index in [1.165, 1.54) is 31.3 Å². The van der Waals surface area contributed by atoms with Crippen molar-refractivity contribution in [2.45, 2.75) is 24.2 Å². The van der Waals surface area contributed by atoms with Crippen LogP contribution in [0.3, 0.4) is 0 Å². The molecule has 53 heavy (non-hydrogen) atoms. The number of methoxy groups -OCH3 is 2. The molecule has 3 fully saturated rings. The van der Waals surface area contributed by atoms with Gasteiger partial charge in [0.25, 0.3) is 11.8 Å². The topological polar surface area (TPSA) is 125 Å². The van der Waals surface area contributed by atoms with Gasteiger partial charge in [0.1, 0.15) is 17.2 Å². The number of allylic oxidation sites excluding steroid dienone is 2. The van der Waals surface area contributed by atoms with Crippen molar-refractivity contribution in [1.82, 2.24) is 5.01 Å². The number of amides is 4. The number of hydrogen-bond donors (Lipinski definition) is 2. The van der Waals surface area contributed by atoms with E-state index in [0.29, 0.717) is 32.6 Å². The van der Waals surface area contributed by atoms with E-state index in [0.717, 1.165) is 5.01 Å². The Bertz CT molecular complexity index is 2230. The van der Waals surface area contributed by atoms with Crippen molar-refractivity contribution in [2.24, 2.45) is 23.7 Å². The van der Waals surface area contributed by atoms with Crippen molar-refractivity contribution in [3.63, 3.8) is 0 Å². The normalized spacial score (nSPS) is 26.2. The van der Waals surface area contributed by atoms with Gasteiger partial charge in [-0.15, -0.1) is 0 Å². The molecule has 270 valence electrons. The first kappa shape index (κ1) is 35.0. The van der Waals surface area contributed by atoms with Crippen LogP contribution in [0, 0.1) is 23.7 Å². The van der Waals surface area contributed by atoms with Crippen LogP contribution in [-0.4, -0.2) is 48.0 Å². The molecule has 10 nitrogen and oxygen atoms in total. The molecule has 1 saturated carbocycles. The molecule has 0 spiro atoms. The van der Waals surface area contributed by atoms with E-state index in [1.54, 1.807) is 72.8 Å². The van der Waals surface area contributed by atoms with Crippen molar-refractivity contribution < 1.29 is 33.8 Å². The molecule has 2 aliphatic heterocycles. The zero-order chi connectivity index (χ0) is 37.3. The Kier molecular flexibility index (Phi) is 8.67. The van der Waals surface area contributed by atoms with E-state index in [1.807, 2.05) is 6.08 Å². The number of hydrazine groups is 1. The zero-order valence-electron chi connectivity index (χ0n) is 28.4. The standard InChI is InChI=1S/C40H32Cl3N3O7/c1-52-24-13-6-20(7-14-24)40-28(37(49)46(39(40)51)44-30-17-10-22(42)18-29(30)43)19-27-25(35(40)34-31(47)4-3-5-32(34)53-2)15-16-26-33(27)38(50)45(36(26)48)23-11-8-21(41)9-12-23/h3-15,17-18,26-28,33,35,44,47H,16,19H2,1-2H3/t26-,27+,28-,33-,35+,40+/m0/s1. The number of benzene rings is 4. The maximum Gasteiger partial charge on any atom is 0.260 e. The summed E-state index contributed by atoms with van der Waals surface area (Å²) in [7, 11) is 2.99. The molecule has 2 N–H and O–H groups in total. The lowest BCUT2D eigenvalue weighted by molar-refractivity contribution is -0.138. The van der Waals surface area contributed by atoms with E-state index in [2.05, 4.69) is 5.43 Å². The minimum absolute atomic E-state index is 0.0516. The van der Waals surface area contributed by atoms with Gasteiger partial charge in [0.2, 0.25) is 11.8 Å². The molecule has 2 aliphatic carbocycles. The van der Waals surface area contributed by atoms with E-state index in [9.17, 15) is 19.5 Å². The van der Waals surface area contributed by atoms with Crippen molar-refractivity contribution in [2.75, 3.05) is 24.5 Å². The fourth-order valence-corrected chi connectivity index (χ4v) is 9.58. The molecule has 2 heterocycles. The third-order valence-electron chi connectivity index (χ3n) is 11.2. The van der Waals surface area contributed by atoms with Crippen molar-refractivity contribution in [1.29, 1.82) is 0 Å². The fourth-order valence-electron chi connectivity index (χ4n) is 9.00. The first-order valence-corrected chi connectivity index (χ1v) is 18.1. The molecule has 0 aromatic heterocycles. The predicted octanol–water partition coefficient (Wildman–Crippen LogP) is 7.56. The zero-order valence-corrected chi connectivity index (χ0v) is 30.7. The second kappa shape index (κ2) is 13.1. The Hall–Kier alpha value is -5.03. The summed E-state index contributed by atoms with van der Waals surface area (Å²) >= 11 is 18.8. The van der Waals surface area contributed by atoms with Gasteiger partial charge in [-0.3, -0.25) is 29.5 Å². The van der Waals surface area contributed by atoms with Gasteiger partial charge < -0.3 is 14.6 Å². The lowest BCUT2D eigenvalue weighted by Gasteiger charge is -2.50. The highest BCUT2D eigenvalue weighted by molar-refractivity contribution is 6.36.